The van der Waals surface area contributed by atoms with Crippen molar-refractivity contribution in [2.24, 2.45) is 0 Å². The van der Waals surface area contributed by atoms with Gasteiger partial charge in [-0.3, -0.25) is 9.69 Å². The maximum atomic E-state index is 11.1. The van der Waals surface area contributed by atoms with Gasteiger partial charge in [-0.05, 0) is 13.1 Å². The van der Waals surface area contributed by atoms with Crippen molar-refractivity contribution in [1.82, 2.24) is 9.80 Å². The van der Waals surface area contributed by atoms with Crippen molar-refractivity contribution in [3.63, 3.8) is 0 Å². The van der Waals surface area contributed by atoms with E-state index in [0.717, 1.165) is 6.54 Å². The fourth-order valence-corrected chi connectivity index (χ4v) is 3.64. The monoisotopic (exact) mass is 240 g/mol. The van der Waals surface area contributed by atoms with Gasteiger partial charge in [0.15, 0.2) is 0 Å². The van der Waals surface area contributed by atoms with Gasteiger partial charge in [0, 0.05) is 18.0 Å². The van der Waals surface area contributed by atoms with Crippen molar-refractivity contribution >= 4 is 17.7 Å². The summed E-state index contributed by atoms with van der Waals surface area (Å²) in [6.45, 7) is 2.82. The number of aliphatic carboxylic acids is 1. The highest BCUT2D eigenvalue weighted by atomic mass is 32.2. The minimum atomic E-state index is -0.735. The van der Waals surface area contributed by atoms with Crippen molar-refractivity contribution in [1.29, 1.82) is 0 Å². The van der Waals surface area contributed by atoms with Gasteiger partial charge < -0.3 is 10.0 Å². The van der Waals surface area contributed by atoms with E-state index in [1.54, 1.807) is 11.8 Å². The molecule has 1 saturated heterocycles. The molecule has 3 unspecified atom stereocenters. The average Bonchev–Trinajstić information content (AvgIpc) is 2.55. The van der Waals surface area contributed by atoms with Crippen molar-refractivity contribution in [2.45, 2.75) is 23.7 Å². The summed E-state index contributed by atoms with van der Waals surface area (Å²) in [5.74, 6) is -0.735. The molecular formula is C11H16N2O2S. The summed E-state index contributed by atoms with van der Waals surface area (Å²) in [6, 6.07) is -0.394. The van der Waals surface area contributed by atoms with E-state index in [0.29, 0.717) is 0 Å². The van der Waals surface area contributed by atoms with Gasteiger partial charge >= 0.3 is 5.97 Å². The zero-order valence-electron chi connectivity index (χ0n) is 9.41. The topological polar surface area (TPSA) is 43.8 Å². The van der Waals surface area contributed by atoms with Crippen LogP contribution in [-0.2, 0) is 4.79 Å². The molecule has 0 spiro atoms. The summed E-state index contributed by atoms with van der Waals surface area (Å²) in [5, 5.41) is 9.28. The van der Waals surface area contributed by atoms with E-state index in [-0.39, 0.29) is 10.7 Å². The lowest BCUT2D eigenvalue weighted by molar-refractivity contribution is -0.142. The van der Waals surface area contributed by atoms with E-state index in [4.69, 9.17) is 5.11 Å². The maximum absolute atomic E-state index is 11.1. The molecule has 1 fully saturated rings. The Balaban J connectivity index is 2.10. The van der Waals surface area contributed by atoms with Crippen molar-refractivity contribution in [2.75, 3.05) is 13.6 Å². The van der Waals surface area contributed by atoms with Crippen LogP contribution in [0.2, 0.25) is 0 Å². The quantitative estimate of drug-likeness (QED) is 0.785. The summed E-state index contributed by atoms with van der Waals surface area (Å²) in [7, 11) is 1.88. The molecule has 0 aromatic heterocycles. The first-order valence-corrected chi connectivity index (χ1v) is 6.25. The van der Waals surface area contributed by atoms with E-state index in [1.165, 1.54) is 0 Å². The molecule has 3 atom stereocenters. The number of carboxylic acid groups (broad SMARTS) is 1. The molecule has 1 N–H and O–H groups in total. The molecule has 2 heterocycles. The van der Waals surface area contributed by atoms with Gasteiger partial charge in [-0.1, -0.05) is 19.1 Å². The molecule has 2 aliphatic heterocycles. The smallest absolute Gasteiger partial charge is 0.322 e. The second-order valence-corrected chi connectivity index (χ2v) is 5.52. The van der Waals surface area contributed by atoms with Crippen molar-refractivity contribution in [3.8, 4) is 0 Å². The minimum absolute atomic E-state index is 0.117. The Bertz CT molecular complexity index is 343. The lowest BCUT2D eigenvalue weighted by Crippen LogP contribution is -2.46. The van der Waals surface area contributed by atoms with Crippen LogP contribution in [0.3, 0.4) is 0 Å². The molecule has 0 aromatic carbocycles. The van der Waals surface area contributed by atoms with Crippen LogP contribution in [0, 0.1) is 0 Å². The third kappa shape index (κ3) is 1.97. The summed E-state index contributed by atoms with van der Waals surface area (Å²) >= 11 is 1.70. The van der Waals surface area contributed by atoms with Gasteiger partial charge in [0.1, 0.15) is 11.5 Å². The van der Waals surface area contributed by atoms with E-state index in [2.05, 4.69) is 11.0 Å². The number of thioether (sulfide) groups is 1. The Hall–Kier alpha value is -0.940. The molecule has 2 rings (SSSR count). The number of rotatable bonds is 2. The maximum Gasteiger partial charge on any atom is 0.322 e. The number of carbonyl (C=O) groups is 1. The number of hydrogen-bond donors (Lipinski definition) is 1. The van der Waals surface area contributed by atoms with E-state index in [1.807, 2.05) is 37.2 Å². The largest absolute Gasteiger partial charge is 0.480 e. The van der Waals surface area contributed by atoms with Gasteiger partial charge in [-0.2, -0.15) is 0 Å². The number of likely N-dealkylation sites (N-methyl/N-ethyl adjacent to an activating group) is 1. The molecule has 0 aromatic rings. The van der Waals surface area contributed by atoms with Gasteiger partial charge in [0.05, 0.1) is 0 Å². The normalized spacial score (nSPS) is 34.6. The summed E-state index contributed by atoms with van der Waals surface area (Å²) in [5.41, 5.74) is 0.122. The molecule has 2 aliphatic rings. The van der Waals surface area contributed by atoms with Crippen LogP contribution < -0.4 is 0 Å². The first-order chi connectivity index (χ1) is 7.61. The van der Waals surface area contributed by atoms with Gasteiger partial charge in [0.25, 0.3) is 0 Å². The fourth-order valence-electron chi connectivity index (χ4n) is 2.16. The van der Waals surface area contributed by atoms with Gasteiger partial charge in [-0.25, -0.2) is 0 Å². The lowest BCUT2D eigenvalue weighted by Gasteiger charge is -2.32. The van der Waals surface area contributed by atoms with Crippen molar-refractivity contribution < 1.29 is 9.90 Å². The van der Waals surface area contributed by atoms with Crippen LogP contribution in [0.25, 0.3) is 0 Å². The van der Waals surface area contributed by atoms with Crippen LogP contribution in [0.1, 0.15) is 6.92 Å². The summed E-state index contributed by atoms with van der Waals surface area (Å²) < 4.78 is 0. The Labute approximate surface area is 99.6 Å². The predicted octanol–water partition coefficient (Wildman–Crippen LogP) is 1.18. The van der Waals surface area contributed by atoms with Gasteiger partial charge in [-0.15, -0.1) is 11.8 Å². The zero-order chi connectivity index (χ0) is 11.7. The number of nitrogens with zero attached hydrogens (tertiary/aromatic N) is 2. The molecule has 0 amide bonds. The first-order valence-electron chi connectivity index (χ1n) is 5.30. The molecule has 0 radical (unpaired) electrons. The summed E-state index contributed by atoms with van der Waals surface area (Å²) in [4.78, 5) is 15.2. The Morgan fingerprint density at radius 3 is 2.75 bits per heavy atom. The van der Waals surface area contributed by atoms with Crippen LogP contribution in [0.15, 0.2) is 24.4 Å². The highest BCUT2D eigenvalue weighted by Gasteiger charge is 2.43. The van der Waals surface area contributed by atoms with E-state index < -0.39 is 12.0 Å². The fraction of sp³-hybridized carbons (Fsp3) is 0.545. The molecule has 88 valence electrons. The Kier molecular flexibility index (Phi) is 3.25. The molecule has 16 heavy (non-hydrogen) atoms. The number of allylic oxidation sites excluding steroid dienone is 2. The number of hydrogen-bond acceptors (Lipinski definition) is 4. The molecule has 0 aliphatic carbocycles. The minimum Gasteiger partial charge on any atom is -0.480 e. The van der Waals surface area contributed by atoms with Gasteiger partial charge in [0.2, 0.25) is 0 Å². The second-order valence-electron chi connectivity index (χ2n) is 4.08. The molecule has 4 nitrogen and oxygen atoms in total. The van der Waals surface area contributed by atoms with Crippen molar-refractivity contribution in [3.05, 3.63) is 24.4 Å². The standard InChI is InChI=1S/C11H16N2O2S/c1-8-9(10(14)15)12(2)11(16-8)13-6-4-3-5-7-13/h3-6,8-9,11H,7H2,1-2H3,(H,14,15). The SMILES string of the molecule is CC1SC(N2C=CC=CC2)N(C)C1C(=O)O. The highest BCUT2D eigenvalue weighted by molar-refractivity contribution is 8.00. The number of carboxylic acids is 1. The predicted molar refractivity (Wildman–Crippen MR) is 65.0 cm³/mol. The van der Waals surface area contributed by atoms with Crippen LogP contribution in [0.5, 0.6) is 0 Å². The van der Waals surface area contributed by atoms with Crippen LogP contribution in [-0.4, -0.2) is 51.3 Å². The molecule has 0 saturated carbocycles. The molecule has 5 heteroatoms. The second kappa shape index (κ2) is 4.51. The third-order valence-corrected chi connectivity index (χ3v) is 4.48. The lowest BCUT2D eigenvalue weighted by atomic mass is 10.2. The highest BCUT2D eigenvalue weighted by Crippen LogP contribution is 2.36. The van der Waals surface area contributed by atoms with E-state index in [9.17, 15) is 4.79 Å². The first kappa shape index (κ1) is 11.5. The third-order valence-electron chi connectivity index (χ3n) is 2.95. The molecule has 0 bridgehead atoms. The van der Waals surface area contributed by atoms with Crippen LogP contribution >= 0.6 is 11.8 Å². The zero-order valence-corrected chi connectivity index (χ0v) is 10.2. The van der Waals surface area contributed by atoms with Crippen LogP contribution in [0.4, 0.5) is 0 Å². The Morgan fingerprint density at radius 1 is 1.50 bits per heavy atom. The molecular weight excluding hydrogens is 224 g/mol. The average molecular weight is 240 g/mol. The van der Waals surface area contributed by atoms with E-state index >= 15 is 0 Å². The Morgan fingerprint density at radius 2 is 2.25 bits per heavy atom. The summed E-state index contributed by atoms with van der Waals surface area (Å²) in [6.07, 6.45) is 8.09.